The van der Waals surface area contributed by atoms with E-state index in [1.807, 2.05) is 31.2 Å². The number of aryl methyl sites for hydroxylation is 1. The molecular weight excluding hydrogens is 258 g/mol. The van der Waals surface area contributed by atoms with Crippen LogP contribution in [0, 0.1) is 6.92 Å². The minimum Gasteiger partial charge on any atom is -0.405 e. The molecule has 19 heavy (non-hydrogen) atoms. The third-order valence-electron chi connectivity index (χ3n) is 3.01. The van der Waals surface area contributed by atoms with Crippen molar-refractivity contribution in [1.82, 2.24) is 0 Å². The Morgan fingerprint density at radius 2 is 2.11 bits per heavy atom. The van der Waals surface area contributed by atoms with Crippen molar-refractivity contribution in [3.8, 4) is 0 Å². The summed E-state index contributed by atoms with van der Waals surface area (Å²) in [5, 5.41) is 11.0. The van der Waals surface area contributed by atoms with Crippen LogP contribution in [0.5, 0.6) is 0 Å². The van der Waals surface area contributed by atoms with Gasteiger partial charge in [0.1, 0.15) is 0 Å². The van der Waals surface area contributed by atoms with Gasteiger partial charge in [-0.25, -0.2) is 0 Å². The average molecular weight is 278 g/mol. The van der Waals surface area contributed by atoms with Gasteiger partial charge >= 0.3 is 0 Å². The Labute approximate surface area is 119 Å². The van der Waals surface area contributed by atoms with Crippen molar-refractivity contribution in [2.75, 3.05) is 0 Å². The van der Waals surface area contributed by atoms with Crippen LogP contribution in [0.4, 0.5) is 0 Å². The van der Waals surface area contributed by atoms with E-state index in [4.69, 9.17) is 17.3 Å². The molecule has 0 aliphatic rings. The van der Waals surface area contributed by atoms with Crippen LogP contribution in [0.3, 0.4) is 0 Å². The summed E-state index contributed by atoms with van der Waals surface area (Å²) in [7, 11) is 0. The molecule has 0 saturated carbocycles. The molecular formula is C16H20ClNO. The van der Waals surface area contributed by atoms with Gasteiger partial charge in [0.25, 0.3) is 0 Å². The van der Waals surface area contributed by atoms with Crippen molar-refractivity contribution in [2.24, 2.45) is 5.73 Å². The maximum absolute atomic E-state index is 10.7. The molecule has 0 spiro atoms. The standard InChI is InChI=1S/C16H20ClNO/c1-12-6-4-5-7-14(12)11-16(3,19)15(8-9-18)10-13(2)17/h4-10,19H,2,11,18H2,1,3H3/b9-8-,15-10+. The Morgan fingerprint density at radius 1 is 1.47 bits per heavy atom. The Balaban J connectivity index is 3.08. The summed E-state index contributed by atoms with van der Waals surface area (Å²) in [4.78, 5) is 0. The highest BCUT2D eigenvalue weighted by atomic mass is 35.5. The lowest BCUT2D eigenvalue weighted by Gasteiger charge is -2.26. The smallest absolute Gasteiger partial charge is 0.0909 e. The van der Waals surface area contributed by atoms with Crippen LogP contribution < -0.4 is 5.73 Å². The van der Waals surface area contributed by atoms with Crippen LogP contribution in [0.15, 0.2) is 59.8 Å². The maximum atomic E-state index is 10.7. The van der Waals surface area contributed by atoms with Crippen molar-refractivity contribution < 1.29 is 5.11 Å². The van der Waals surface area contributed by atoms with Crippen molar-refractivity contribution in [2.45, 2.75) is 25.9 Å². The highest BCUT2D eigenvalue weighted by molar-refractivity contribution is 6.30. The van der Waals surface area contributed by atoms with E-state index in [-0.39, 0.29) is 0 Å². The second kappa shape index (κ2) is 6.60. The molecule has 1 atom stereocenters. The Bertz CT molecular complexity index is 515. The van der Waals surface area contributed by atoms with E-state index in [0.717, 1.165) is 11.1 Å². The van der Waals surface area contributed by atoms with Gasteiger partial charge in [-0.15, -0.1) is 0 Å². The summed E-state index contributed by atoms with van der Waals surface area (Å²) in [6, 6.07) is 7.96. The van der Waals surface area contributed by atoms with Gasteiger partial charge < -0.3 is 10.8 Å². The quantitative estimate of drug-likeness (QED) is 0.810. The average Bonchev–Trinajstić information content (AvgIpc) is 2.31. The molecule has 0 radical (unpaired) electrons. The molecule has 0 aromatic heterocycles. The fraction of sp³-hybridized carbons (Fsp3) is 0.250. The summed E-state index contributed by atoms with van der Waals surface area (Å²) >= 11 is 5.79. The first-order chi connectivity index (χ1) is 8.86. The largest absolute Gasteiger partial charge is 0.405 e. The maximum Gasteiger partial charge on any atom is 0.0909 e. The number of benzene rings is 1. The van der Waals surface area contributed by atoms with Gasteiger partial charge in [-0.3, -0.25) is 0 Å². The number of hydrogen-bond acceptors (Lipinski definition) is 2. The normalized spacial score (nSPS) is 15.5. The highest BCUT2D eigenvalue weighted by Gasteiger charge is 2.25. The van der Waals surface area contributed by atoms with Crippen LogP contribution in [0.25, 0.3) is 0 Å². The zero-order chi connectivity index (χ0) is 14.5. The zero-order valence-electron chi connectivity index (χ0n) is 11.4. The van der Waals surface area contributed by atoms with Crippen molar-refractivity contribution in [3.05, 3.63) is 70.9 Å². The number of nitrogens with two attached hydrogens (primary N) is 1. The lowest BCUT2D eigenvalue weighted by atomic mass is 9.87. The number of hydrogen-bond donors (Lipinski definition) is 2. The Hall–Kier alpha value is -1.51. The fourth-order valence-corrected chi connectivity index (χ4v) is 2.05. The molecule has 1 aromatic rings. The molecule has 3 heteroatoms. The van der Waals surface area contributed by atoms with Crippen LogP contribution >= 0.6 is 11.6 Å². The first kappa shape index (κ1) is 15.5. The van der Waals surface area contributed by atoms with Gasteiger partial charge in [0.05, 0.1) is 5.60 Å². The van der Waals surface area contributed by atoms with Gasteiger partial charge in [-0.05, 0) is 48.9 Å². The van der Waals surface area contributed by atoms with E-state index in [9.17, 15) is 5.11 Å². The summed E-state index contributed by atoms with van der Waals surface area (Å²) < 4.78 is 0. The molecule has 0 aliphatic heterocycles. The van der Waals surface area contributed by atoms with Crippen molar-refractivity contribution in [3.63, 3.8) is 0 Å². The predicted octanol–water partition coefficient (Wildman–Crippen LogP) is 3.44. The molecule has 0 saturated heterocycles. The number of allylic oxidation sites excluding steroid dienone is 2. The van der Waals surface area contributed by atoms with Crippen LogP contribution in [-0.4, -0.2) is 10.7 Å². The first-order valence-corrected chi connectivity index (χ1v) is 6.46. The summed E-state index contributed by atoms with van der Waals surface area (Å²) in [6.07, 6.45) is 5.15. The molecule has 1 unspecified atom stereocenters. The number of aliphatic hydroxyl groups is 1. The molecule has 1 rings (SSSR count). The van der Waals surface area contributed by atoms with E-state index in [0.29, 0.717) is 17.0 Å². The SMILES string of the molecule is C=C(Cl)/C=C(\C=C/N)C(C)(O)Cc1ccccc1C. The van der Waals surface area contributed by atoms with Gasteiger partial charge in [-0.1, -0.05) is 42.4 Å². The summed E-state index contributed by atoms with van der Waals surface area (Å²) in [5.74, 6) is 0. The van der Waals surface area contributed by atoms with Gasteiger partial charge in [0.2, 0.25) is 0 Å². The fourth-order valence-electron chi connectivity index (χ4n) is 1.94. The van der Waals surface area contributed by atoms with Crippen LogP contribution in [0.2, 0.25) is 0 Å². The molecule has 0 aliphatic carbocycles. The third kappa shape index (κ3) is 4.58. The summed E-state index contributed by atoms with van der Waals surface area (Å²) in [6.45, 7) is 7.38. The topological polar surface area (TPSA) is 46.2 Å². The number of rotatable bonds is 5. The van der Waals surface area contributed by atoms with Crippen LogP contribution in [-0.2, 0) is 6.42 Å². The lowest BCUT2D eigenvalue weighted by Crippen LogP contribution is -2.29. The highest BCUT2D eigenvalue weighted by Crippen LogP contribution is 2.26. The minimum atomic E-state index is -1.06. The molecule has 1 aromatic carbocycles. The van der Waals surface area contributed by atoms with Crippen molar-refractivity contribution >= 4 is 11.6 Å². The molecule has 0 amide bonds. The van der Waals surface area contributed by atoms with Crippen LogP contribution in [0.1, 0.15) is 18.1 Å². The predicted molar refractivity (Wildman–Crippen MR) is 81.9 cm³/mol. The van der Waals surface area contributed by atoms with Gasteiger partial charge in [0.15, 0.2) is 0 Å². The monoisotopic (exact) mass is 277 g/mol. The van der Waals surface area contributed by atoms with Gasteiger partial charge in [-0.2, -0.15) is 0 Å². The second-order valence-electron chi connectivity index (χ2n) is 4.78. The van der Waals surface area contributed by atoms with E-state index in [2.05, 4.69) is 6.58 Å². The molecule has 0 bridgehead atoms. The molecule has 102 valence electrons. The molecule has 3 N–H and O–H groups in total. The minimum absolute atomic E-state index is 0.359. The van der Waals surface area contributed by atoms with E-state index < -0.39 is 5.60 Å². The molecule has 0 heterocycles. The molecule has 2 nitrogen and oxygen atoms in total. The Kier molecular flexibility index (Phi) is 5.40. The van der Waals surface area contributed by atoms with E-state index >= 15 is 0 Å². The second-order valence-corrected chi connectivity index (χ2v) is 5.27. The summed E-state index contributed by atoms with van der Waals surface area (Å²) in [5.41, 5.74) is 7.23. The zero-order valence-corrected chi connectivity index (χ0v) is 12.1. The van der Waals surface area contributed by atoms with Crippen molar-refractivity contribution in [1.29, 1.82) is 0 Å². The first-order valence-electron chi connectivity index (χ1n) is 6.08. The van der Waals surface area contributed by atoms with E-state index in [1.165, 1.54) is 6.20 Å². The number of halogens is 1. The van der Waals surface area contributed by atoms with E-state index in [1.54, 1.807) is 19.1 Å². The Morgan fingerprint density at radius 3 is 2.63 bits per heavy atom. The lowest BCUT2D eigenvalue weighted by molar-refractivity contribution is 0.103. The van der Waals surface area contributed by atoms with Gasteiger partial charge in [0, 0.05) is 11.5 Å². The molecule has 0 fully saturated rings. The third-order valence-corrected chi connectivity index (χ3v) is 3.11.